The van der Waals surface area contributed by atoms with E-state index in [9.17, 15) is 0 Å². The first-order valence-corrected chi connectivity index (χ1v) is 6.59. The van der Waals surface area contributed by atoms with Crippen molar-refractivity contribution in [1.82, 2.24) is 4.57 Å². The zero-order chi connectivity index (χ0) is 14.3. The van der Waals surface area contributed by atoms with Gasteiger partial charge in [-0.3, -0.25) is 0 Å². The fourth-order valence-corrected chi connectivity index (χ4v) is 2.54. The molecule has 1 aromatic heterocycles. The molecule has 102 valence electrons. The maximum Gasteiger partial charge on any atom is 0.162 e. The molecule has 1 aliphatic rings. The molecule has 1 aliphatic heterocycles. The van der Waals surface area contributed by atoms with Crippen LogP contribution in [0.25, 0.3) is 11.3 Å². The fraction of sp³-hybridized carbons (Fsp3) is 0.312. The van der Waals surface area contributed by atoms with Crippen LogP contribution in [0.2, 0.25) is 0 Å². The minimum atomic E-state index is 0.575. The van der Waals surface area contributed by atoms with Gasteiger partial charge in [-0.1, -0.05) is 0 Å². The Bertz CT molecular complexity index is 723. The first kappa shape index (κ1) is 12.6. The highest BCUT2D eigenvalue weighted by molar-refractivity contribution is 5.71. The third kappa shape index (κ3) is 1.83. The first-order chi connectivity index (χ1) is 9.61. The number of benzene rings is 1. The molecule has 0 saturated carbocycles. The van der Waals surface area contributed by atoms with Crippen molar-refractivity contribution < 1.29 is 9.47 Å². The highest BCUT2D eigenvalue weighted by Crippen LogP contribution is 2.38. The summed E-state index contributed by atoms with van der Waals surface area (Å²) in [4.78, 5) is 0. The van der Waals surface area contributed by atoms with E-state index in [1.165, 1.54) is 0 Å². The molecule has 0 atom stereocenters. The van der Waals surface area contributed by atoms with Gasteiger partial charge in [-0.2, -0.15) is 5.26 Å². The Kier molecular flexibility index (Phi) is 2.90. The smallest absolute Gasteiger partial charge is 0.162 e. The van der Waals surface area contributed by atoms with Crippen LogP contribution < -0.4 is 9.47 Å². The largest absolute Gasteiger partial charge is 0.486 e. The first-order valence-electron chi connectivity index (χ1n) is 6.59. The van der Waals surface area contributed by atoms with Crippen LogP contribution in [0.3, 0.4) is 0 Å². The number of rotatable bonds is 1. The van der Waals surface area contributed by atoms with Crippen LogP contribution in [0.1, 0.15) is 16.8 Å². The molecular weight excluding hydrogens is 252 g/mol. The Morgan fingerprint density at radius 3 is 2.35 bits per heavy atom. The van der Waals surface area contributed by atoms with Gasteiger partial charge >= 0.3 is 0 Å². The van der Waals surface area contributed by atoms with Crippen molar-refractivity contribution in [3.05, 3.63) is 35.0 Å². The number of nitriles is 1. The highest BCUT2D eigenvalue weighted by Gasteiger charge is 2.18. The predicted octanol–water partition coefficient (Wildman–Crippen LogP) is 2.95. The van der Waals surface area contributed by atoms with Crippen LogP contribution in [0.15, 0.2) is 18.2 Å². The van der Waals surface area contributed by atoms with E-state index in [2.05, 4.69) is 6.07 Å². The van der Waals surface area contributed by atoms with E-state index in [4.69, 9.17) is 14.7 Å². The molecule has 0 saturated heterocycles. The van der Waals surface area contributed by atoms with E-state index in [0.717, 1.165) is 34.0 Å². The Labute approximate surface area is 118 Å². The third-order valence-electron chi connectivity index (χ3n) is 3.82. The van der Waals surface area contributed by atoms with Crippen LogP contribution in [-0.2, 0) is 7.05 Å². The van der Waals surface area contributed by atoms with Gasteiger partial charge in [-0.15, -0.1) is 0 Å². The molecule has 2 aromatic rings. The Morgan fingerprint density at radius 2 is 1.75 bits per heavy atom. The van der Waals surface area contributed by atoms with Gasteiger partial charge in [0.1, 0.15) is 19.3 Å². The number of aryl methyl sites for hydroxylation is 1. The molecule has 2 heterocycles. The van der Waals surface area contributed by atoms with Crippen molar-refractivity contribution in [3.63, 3.8) is 0 Å². The lowest BCUT2D eigenvalue weighted by atomic mass is 10.0. The van der Waals surface area contributed by atoms with E-state index in [-0.39, 0.29) is 0 Å². The lowest BCUT2D eigenvalue weighted by Gasteiger charge is -2.20. The number of aromatic nitrogens is 1. The fourth-order valence-electron chi connectivity index (χ4n) is 2.54. The van der Waals surface area contributed by atoms with E-state index in [0.29, 0.717) is 18.8 Å². The zero-order valence-corrected chi connectivity index (χ0v) is 11.9. The van der Waals surface area contributed by atoms with Crippen molar-refractivity contribution in [2.24, 2.45) is 7.05 Å². The van der Waals surface area contributed by atoms with E-state index in [1.807, 2.05) is 43.7 Å². The van der Waals surface area contributed by atoms with Gasteiger partial charge in [0.05, 0.1) is 5.56 Å². The standard InChI is InChI=1S/C16H16N2O2/c1-10-6-15-16(20-5-4-19-15)8-13(10)14-7-12(9-17)11(2)18(14)3/h6-8H,4-5H2,1-3H3. The lowest BCUT2D eigenvalue weighted by Crippen LogP contribution is -2.15. The van der Waals surface area contributed by atoms with E-state index >= 15 is 0 Å². The number of hydrogen-bond acceptors (Lipinski definition) is 3. The number of nitrogens with zero attached hydrogens (tertiary/aromatic N) is 2. The van der Waals surface area contributed by atoms with Crippen molar-refractivity contribution in [2.45, 2.75) is 13.8 Å². The number of hydrogen-bond donors (Lipinski definition) is 0. The summed E-state index contributed by atoms with van der Waals surface area (Å²) in [5.41, 5.74) is 4.88. The molecule has 0 amide bonds. The summed E-state index contributed by atoms with van der Waals surface area (Å²) in [6.07, 6.45) is 0. The van der Waals surface area contributed by atoms with Gasteiger partial charge in [0, 0.05) is 24.0 Å². The van der Waals surface area contributed by atoms with Crippen LogP contribution in [-0.4, -0.2) is 17.8 Å². The molecule has 4 nitrogen and oxygen atoms in total. The topological polar surface area (TPSA) is 47.2 Å². The van der Waals surface area contributed by atoms with Crippen molar-refractivity contribution in [1.29, 1.82) is 5.26 Å². The normalized spacial score (nSPS) is 13.1. The van der Waals surface area contributed by atoms with Gasteiger partial charge in [0.15, 0.2) is 11.5 Å². The van der Waals surface area contributed by atoms with Crippen LogP contribution >= 0.6 is 0 Å². The van der Waals surface area contributed by atoms with Gasteiger partial charge in [-0.05, 0) is 37.6 Å². The van der Waals surface area contributed by atoms with E-state index < -0.39 is 0 Å². The van der Waals surface area contributed by atoms with Gasteiger partial charge in [-0.25, -0.2) is 0 Å². The second kappa shape index (κ2) is 4.61. The molecule has 0 bridgehead atoms. The summed E-state index contributed by atoms with van der Waals surface area (Å²) in [6, 6.07) is 8.15. The Balaban J connectivity index is 2.18. The molecule has 0 fully saturated rings. The molecule has 20 heavy (non-hydrogen) atoms. The molecule has 4 heteroatoms. The summed E-state index contributed by atoms with van der Waals surface area (Å²) < 4.78 is 13.3. The van der Waals surface area contributed by atoms with Gasteiger partial charge < -0.3 is 14.0 Å². The Hall–Kier alpha value is -2.41. The summed E-state index contributed by atoms with van der Waals surface area (Å²) in [7, 11) is 1.97. The minimum Gasteiger partial charge on any atom is -0.486 e. The second-order valence-electron chi connectivity index (χ2n) is 5.01. The molecule has 0 unspecified atom stereocenters. The second-order valence-corrected chi connectivity index (χ2v) is 5.01. The molecule has 0 N–H and O–H groups in total. The number of fused-ring (bicyclic) bond motifs is 1. The van der Waals surface area contributed by atoms with Crippen molar-refractivity contribution >= 4 is 0 Å². The predicted molar refractivity (Wildman–Crippen MR) is 76.0 cm³/mol. The average molecular weight is 268 g/mol. The SMILES string of the molecule is Cc1cc2c(cc1-c1cc(C#N)c(C)n1C)OCCO2. The lowest BCUT2D eigenvalue weighted by molar-refractivity contribution is 0.171. The average Bonchev–Trinajstić information content (AvgIpc) is 2.74. The third-order valence-corrected chi connectivity index (χ3v) is 3.82. The highest BCUT2D eigenvalue weighted by atomic mass is 16.6. The number of ether oxygens (including phenoxy) is 2. The summed E-state index contributed by atoms with van der Waals surface area (Å²) in [5, 5.41) is 9.16. The molecule has 0 radical (unpaired) electrons. The monoisotopic (exact) mass is 268 g/mol. The molecule has 3 rings (SSSR count). The Morgan fingerprint density at radius 1 is 1.10 bits per heavy atom. The van der Waals surface area contributed by atoms with Gasteiger partial charge in [0.25, 0.3) is 0 Å². The molecule has 0 spiro atoms. The zero-order valence-electron chi connectivity index (χ0n) is 11.9. The van der Waals surface area contributed by atoms with Crippen LogP contribution in [0.4, 0.5) is 0 Å². The van der Waals surface area contributed by atoms with Crippen molar-refractivity contribution in [3.8, 4) is 28.8 Å². The maximum absolute atomic E-state index is 9.16. The van der Waals surface area contributed by atoms with Gasteiger partial charge in [0.2, 0.25) is 0 Å². The quantitative estimate of drug-likeness (QED) is 0.799. The minimum absolute atomic E-state index is 0.575. The summed E-state index contributed by atoms with van der Waals surface area (Å²) >= 11 is 0. The molecule has 1 aromatic carbocycles. The molecule has 0 aliphatic carbocycles. The van der Waals surface area contributed by atoms with Crippen LogP contribution in [0, 0.1) is 25.2 Å². The van der Waals surface area contributed by atoms with E-state index in [1.54, 1.807) is 0 Å². The van der Waals surface area contributed by atoms with Crippen LogP contribution in [0.5, 0.6) is 11.5 Å². The maximum atomic E-state index is 9.16. The summed E-state index contributed by atoms with van der Waals surface area (Å²) in [6.45, 7) is 5.16. The molecular formula is C16H16N2O2. The summed E-state index contributed by atoms with van der Waals surface area (Å²) in [5.74, 6) is 1.57. The van der Waals surface area contributed by atoms with Crippen molar-refractivity contribution in [2.75, 3.05) is 13.2 Å².